The lowest BCUT2D eigenvalue weighted by Gasteiger charge is -2.46. The molecular formula is C19H25ClN2O2. The molecule has 2 aliphatic rings. The molecule has 1 heterocycles. The highest BCUT2D eigenvalue weighted by atomic mass is 35.5. The number of amides is 2. The Kier molecular flexibility index (Phi) is 5.14. The lowest BCUT2D eigenvalue weighted by atomic mass is 9.67. The van der Waals surface area contributed by atoms with Crippen LogP contribution in [0.4, 0.5) is 0 Å². The summed E-state index contributed by atoms with van der Waals surface area (Å²) in [4.78, 5) is 24.7. The maximum Gasteiger partial charge on any atom is 0.251 e. The molecule has 24 heavy (non-hydrogen) atoms. The van der Waals surface area contributed by atoms with Crippen molar-refractivity contribution in [1.29, 1.82) is 0 Å². The molecule has 1 saturated carbocycles. The highest BCUT2D eigenvalue weighted by Crippen LogP contribution is 2.38. The van der Waals surface area contributed by atoms with Crippen LogP contribution in [-0.2, 0) is 4.79 Å². The zero-order valence-electron chi connectivity index (χ0n) is 14.2. The predicted octanol–water partition coefficient (Wildman–Crippen LogP) is 3.40. The number of fused-ring (bicyclic) bond motifs is 1. The lowest BCUT2D eigenvalue weighted by Crippen LogP contribution is -2.58. The molecule has 130 valence electrons. The first kappa shape index (κ1) is 17.3. The number of halogens is 1. The van der Waals surface area contributed by atoms with Crippen LogP contribution in [0.2, 0.25) is 5.02 Å². The minimum absolute atomic E-state index is 0.0948. The molecule has 0 radical (unpaired) electrons. The number of carbonyl (C=O) groups excluding carboxylic acids is 2. The second kappa shape index (κ2) is 7.14. The Morgan fingerprint density at radius 2 is 2.17 bits per heavy atom. The minimum atomic E-state index is -0.0948. The van der Waals surface area contributed by atoms with Gasteiger partial charge in [0.1, 0.15) is 0 Å². The third kappa shape index (κ3) is 3.44. The topological polar surface area (TPSA) is 58.2 Å². The van der Waals surface area contributed by atoms with Gasteiger partial charge in [-0.1, -0.05) is 31.5 Å². The van der Waals surface area contributed by atoms with Crippen molar-refractivity contribution >= 4 is 23.4 Å². The lowest BCUT2D eigenvalue weighted by molar-refractivity contribution is -0.133. The molecule has 3 rings (SSSR count). The quantitative estimate of drug-likeness (QED) is 0.879. The Morgan fingerprint density at radius 1 is 1.38 bits per heavy atom. The minimum Gasteiger partial charge on any atom is -0.353 e. The maximum absolute atomic E-state index is 12.4. The summed E-state index contributed by atoms with van der Waals surface area (Å²) in [5.74, 6) is 1.14. The monoisotopic (exact) mass is 348 g/mol. The third-order valence-electron chi connectivity index (χ3n) is 5.74. The number of carbonyl (C=O) groups is 2. The van der Waals surface area contributed by atoms with Gasteiger partial charge in [-0.05, 0) is 55.7 Å². The molecule has 5 unspecified atom stereocenters. The van der Waals surface area contributed by atoms with Gasteiger partial charge in [-0.3, -0.25) is 9.59 Å². The van der Waals surface area contributed by atoms with Crippen molar-refractivity contribution in [2.24, 2.45) is 17.8 Å². The number of piperidine rings is 1. The predicted molar refractivity (Wildman–Crippen MR) is 94.9 cm³/mol. The normalized spacial score (nSPS) is 32.6. The van der Waals surface area contributed by atoms with Crippen molar-refractivity contribution in [2.45, 2.75) is 51.6 Å². The van der Waals surface area contributed by atoms with E-state index >= 15 is 0 Å². The van der Waals surface area contributed by atoms with E-state index in [1.54, 1.807) is 24.3 Å². The van der Waals surface area contributed by atoms with Crippen molar-refractivity contribution in [1.82, 2.24) is 10.6 Å². The standard InChI is InChI=1S/C19H25ClN2O2/c1-3-15-11(2)16-8-7-14(10-17(16)22-19(15)24)21-18(23)12-5-4-6-13(20)9-12/h4-6,9,11,14-17H,3,7-8,10H2,1-2H3,(H,21,23)(H,22,24). The van der Waals surface area contributed by atoms with Crippen molar-refractivity contribution in [3.63, 3.8) is 0 Å². The Hall–Kier alpha value is -1.55. The Bertz CT molecular complexity index is 634. The fourth-order valence-electron chi connectivity index (χ4n) is 4.40. The maximum atomic E-state index is 12.4. The second-order valence-electron chi connectivity index (χ2n) is 7.15. The smallest absolute Gasteiger partial charge is 0.251 e. The van der Waals surface area contributed by atoms with Gasteiger partial charge in [-0.25, -0.2) is 0 Å². The summed E-state index contributed by atoms with van der Waals surface area (Å²) in [6, 6.07) is 7.26. The van der Waals surface area contributed by atoms with Crippen molar-refractivity contribution in [3.05, 3.63) is 34.9 Å². The van der Waals surface area contributed by atoms with Crippen LogP contribution in [0, 0.1) is 17.8 Å². The van der Waals surface area contributed by atoms with Gasteiger partial charge in [0.05, 0.1) is 0 Å². The number of nitrogens with one attached hydrogen (secondary N) is 2. The van der Waals surface area contributed by atoms with Crippen LogP contribution in [0.3, 0.4) is 0 Å². The van der Waals surface area contributed by atoms with E-state index < -0.39 is 0 Å². The summed E-state index contributed by atoms with van der Waals surface area (Å²) in [7, 11) is 0. The van der Waals surface area contributed by atoms with Gasteiger partial charge < -0.3 is 10.6 Å². The number of hydrogen-bond donors (Lipinski definition) is 2. The van der Waals surface area contributed by atoms with Crippen LogP contribution in [-0.4, -0.2) is 23.9 Å². The number of hydrogen-bond acceptors (Lipinski definition) is 2. The molecule has 1 aromatic rings. The van der Waals surface area contributed by atoms with E-state index in [1.807, 2.05) is 0 Å². The van der Waals surface area contributed by atoms with E-state index in [4.69, 9.17) is 11.6 Å². The average Bonchev–Trinajstić information content (AvgIpc) is 2.55. The Morgan fingerprint density at radius 3 is 2.88 bits per heavy atom. The van der Waals surface area contributed by atoms with Gasteiger partial charge in [-0.15, -0.1) is 0 Å². The summed E-state index contributed by atoms with van der Waals surface area (Å²) < 4.78 is 0. The number of rotatable bonds is 3. The summed E-state index contributed by atoms with van der Waals surface area (Å²) in [5, 5.41) is 6.85. The van der Waals surface area contributed by atoms with Crippen LogP contribution in [0.25, 0.3) is 0 Å². The van der Waals surface area contributed by atoms with Gasteiger partial charge in [0.2, 0.25) is 5.91 Å². The molecule has 1 saturated heterocycles. The van der Waals surface area contributed by atoms with Crippen LogP contribution in [0.1, 0.15) is 49.9 Å². The molecule has 4 nitrogen and oxygen atoms in total. The van der Waals surface area contributed by atoms with E-state index in [-0.39, 0.29) is 29.8 Å². The second-order valence-corrected chi connectivity index (χ2v) is 7.58. The first-order chi connectivity index (χ1) is 11.5. The highest BCUT2D eigenvalue weighted by molar-refractivity contribution is 6.30. The summed E-state index contributed by atoms with van der Waals surface area (Å²) in [5.41, 5.74) is 0.580. The van der Waals surface area contributed by atoms with E-state index in [0.717, 1.165) is 25.7 Å². The first-order valence-electron chi connectivity index (χ1n) is 8.86. The fraction of sp³-hybridized carbons (Fsp3) is 0.579. The van der Waals surface area contributed by atoms with Gasteiger partial charge in [0, 0.05) is 28.6 Å². The molecule has 2 amide bonds. The molecule has 1 aliphatic carbocycles. The molecule has 5 atom stereocenters. The van der Waals surface area contributed by atoms with Crippen LogP contribution >= 0.6 is 11.6 Å². The molecule has 1 aromatic carbocycles. The zero-order chi connectivity index (χ0) is 17.3. The molecular weight excluding hydrogens is 324 g/mol. The van der Waals surface area contributed by atoms with Crippen LogP contribution in [0.15, 0.2) is 24.3 Å². The molecule has 2 N–H and O–H groups in total. The third-order valence-corrected chi connectivity index (χ3v) is 5.98. The van der Waals surface area contributed by atoms with Crippen LogP contribution in [0.5, 0.6) is 0 Å². The number of benzene rings is 1. The van der Waals surface area contributed by atoms with E-state index in [2.05, 4.69) is 24.5 Å². The van der Waals surface area contributed by atoms with Gasteiger partial charge in [0.15, 0.2) is 0 Å². The molecule has 1 aliphatic heterocycles. The first-order valence-corrected chi connectivity index (χ1v) is 9.24. The molecule has 0 bridgehead atoms. The fourth-order valence-corrected chi connectivity index (χ4v) is 4.59. The molecule has 0 aromatic heterocycles. The summed E-state index contributed by atoms with van der Waals surface area (Å²) in [6.07, 6.45) is 3.71. The Balaban J connectivity index is 1.63. The van der Waals surface area contributed by atoms with Gasteiger partial charge >= 0.3 is 0 Å². The molecule has 5 heteroatoms. The zero-order valence-corrected chi connectivity index (χ0v) is 15.0. The molecule has 0 spiro atoms. The highest BCUT2D eigenvalue weighted by Gasteiger charge is 2.43. The van der Waals surface area contributed by atoms with Gasteiger partial charge in [0.25, 0.3) is 5.91 Å². The summed E-state index contributed by atoms with van der Waals surface area (Å²) >= 11 is 5.95. The average molecular weight is 349 g/mol. The van der Waals surface area contributed by atoms with E-state index in [1.165, 1.54) is 0 Å². The SMILES string of the molecule is CCC1C(=O)NC2CC(NC(=O)c3cccc(Cl)c3)CCC2C1C. The van der Waals surface area contributed by atoms with Gasteiger partial charge in [-0.2, -0.15) is 0 Å². The van der Waals surface area contributed by atoms with Crippen LogP contribution < -0.4 is 10.6 Å². The molecule has 2 fully saturated rings. The summed E-state index contributed by atoms with van der Waals surface area (Å²) in [6.45, 7) is 4.29. The van der Waals surface area contributed by atoms with Crippen molar-refractivity contribution in [2.75, 3.05) is 0 Å². The van der Waals surface area contributed by atoms with E-state index in [9.17, 15) is 9.59 Å². The van der Waals surface area contributed by atoms with Crippen molar-refractivity contribution < 1.29 is 9.59 Å². The largest absolute Gasteiger partial charge is 0.353 e. The van der Waals surface area contributed by atoms with Crippen molar-refractivity contribution in [3.8, 4) is 0 Å². The Labute approximate surface area is 148 Å². The van der Waals surface area contributed by atoms with E-state index in [0.29, 0.717) is 22.4 Å².